The molecule has 218 valence electrons. The summed E-state index contributed by atoms with van der Waals surface area (Å²) in [6.45, 7) is 1.39. The van der Waals surface area contributed by atoms with Gasteiger partial charge >= 0.3 is 12.2 Å². The fourth-order valence-corrected chi connectivity index (χ4v) is 4.74. The minimum Gasteiger partial charge on any atom is -0.308 e. The maximum absolute atomic E-state index is 14.0. The van der Waals surface area contributed by atoms with Gasteiger partial charge in [0.15, 0.2) is 5.78 Å². The molecule has 1 heterocycles. The second kappa shape index (κ2) is 11.9. The first-order chi connectivity index (χ1) is 20.5. The van der Waals surface area contributed by atoms with Crippen molar-refractivity contribution >= 4 is 34.8 Å². The average Bonchev–Trinajstić information content (AvgIpc) is 3.08. The van der Waals surface area contributed by atoms with Gasteiger partial charge in [0.05, 0.1) is 23.5 Å². The molecule has 1 unspecified atom stereocenters. The zero-order valence-corrected chi connectivity index (χ0v) is 22.7. The number of aliphatic imine (C=N–C) groups is 1. The van der Waals surface area contributed by atoms with Crippen LogP contribution in [0.2, 0.25) is 0 Å². The summed E-state index contributed by atoms with van der Waals surface area (Å²) in [4.78, 5) is 46.2. The van der Waals surface area contributed by atoms with E-state index in [1.807, 2.05) is 0 Å². The number of aryl methyl sites for hydroxylation is 1. The fourth-order valence-electron chi connectivity index (χ4n) is 4.74. The van der Waals surface area contributed by atoms with Gasteiger partial charge in [-0.2, -0.15) is 13.2 Å². The summed E-state index contributed by atoms with van der Waals surface area (Å²) < 4.78 is 53.5. The first kappa shape index (κ1) is 29.2. The van der Waals surface area contributed by atoms with Gasteiger partial charge in [0, 0.05) is 22.4 Å². The Balaban J connectivity index is 1.53. The molecule has 1 atom stereocenters. The van der Waals surface area contributed by atoms with Crippen molar-refractivity contribution in [2.24, 2.45) is 4.99 Å². The highest BCUT2D eigenvalue weighted by atomic mass is 19.4. The van der Waals surface area contributed by atoms with Gasteiger partial charge in [-0.15, -0.1) is 0 Å². The third-order valence-corrected chi connectivity index (χ3v) is 6.75. The number of carbonyl (C=O) groups excluding carboxylic acids is 3. The van der Waals surface area contributed by atoms with Gasteiger partial charge in [-0.05, 0) is 36.8 Å². The highest BCUT2D eigenvalue weighted by Gasteiger charge is 2.35. The van der Waals surface area contributed by atoms with Gasteiger partial charge in [-0.25, -0.2) is 14.2 Å². The Bertz CT molecular complexity index is 1740. The Morgan fingerprint density at radius 1 is 0.907 bits per heavy atom. The summed E-state index contributed by atoms with van der Waals surface area (Å²) in [5.41, 5.74) is 1.20. The molecule has 0 fully saturated rings. The van der Waals surface area contributed by atoms with Crippen LogP contribution in [0.1, 0.15) is 32.6 Å². The van der Waals surface area contributed by atoms with Crippen molar-refractivity contribution in [2.45, 2.75) is 19.3 Å². The number of carbonyl (C=O) groups is 3. The standard InChI is InChI=1S/C32H24F4N4O3/c1-19-9-5-6-12-24(19)27(41)18-40-26-14-8-7-13-25(26)28(20-10-3-2-4-11-20)38-29(30(40)42)39-31(43)37-23-16-21(32(34,35)36)15-22(33)17-23/h2-17,29H,18H2,1H3,(H2,37,39,43). The van der Waals surface area contributed by atoms with Crippen molar-refractivity contribution in [1.29, 1.82) is 0 Å². The van der Waals surface area contributed by atoms with Gasteiger partial charge in [0.25, 0.3) is 5.91 Å². The number of ketones is 1. The van der Waals surface area contributed by atoms with Crippen molar-refractivity contribution in [3.8, 4) is 0 Å². The van der Waals surface area contributed by atoms with E-state index in [0.717, 1.165) is 0 Å². The molecule has 0 aliphatic carbocycles. The Hall–Kier alpha value is -5.32. The van der Waals surface area contributed by atoms with E-state index in [2.05, 4.69) is 15.6 Å². The van der Waals surface area contributed by atoms with E-state index in [9.17, 15) is 31.9 Å². The van der Waals surface area contributed by atoms with E-state index in [1.165, 1.54) is 4.90 Å². The van der Waals surface area contributed by atoms with Crippen molar-refractivity contribution in [3.63, 3.8) is 0 Å². The van der Waals surface area contributed by atoms with Crippen LogP contribution >= 0.6 is 0 Å². The molecule has 2 N–H and O–H groups in total. The number of Topliss-reactive ketones (excluding diaryl/α,β-unsaturated/α-hetero) is 1. The Labute approximate surface area is 243 Å². The summed E-state index contributed by atoms with van der Waals surface area (Å²) in [6, 6.07) is 23.1. The third kappa shape index (κ3) is 6.45. The van der Waals surface area contributed by atoms with Gasteiger partial charge in [-0.3, -0.25) is 9.59 Å². The SMILES string of the molecule is Cc1ccccc1C(=O)CN1C(=O)C(NC(=O)Nc2cc(F)cc(C(F)(F)F)c2)N=C(c2ccccc2)c2ccccc21. The summed E-state index contributed by atoms with van der Waals surface area (Å²) in [7, 11) is 0. The number of fused-ring (bicyclic) bond motifs is 1. The number of amides is 3. The first-order valence-corrected chi connectivity index (χ1v) is 13.1. The Kier molecular flexibility index (Phi) is 8.07. The van der Waals surface area contributed by atoms with Gasteiger partial charge < -0.3 is 15.5 Å². The van der Waals surface area contributed by atoms with Crippen LogP contribution in [0.15, 0.2) is 102 Å². The van der Waals surface area contributed by atoms with E-state index < -0.39 is 41.3 Å². The average molecular weight is 589 g/mol. The van der Waals surface area contributed by atoms with Crippen LogP contribution < -0.4 is 15.5 Å². The second-order valence-corrected chi connectivity index (χ2v) is 9.75. The molecule has 0 saturated carbocycles. The largest absolute Gasteiger partial charge is 0.416 e. The highest BCUT2D eigenvalue weighted by Crippen LogP contribution is 2.32. The van der Waals surface area contributed by atoms with E-state index in [0.29, 0.717) is 51.9 Å². The number of nitrogens with zero attached hydrogens (tertiary/aromatic N) is 2. The number of anilines is 2. The number of hydrogen-bond acceptors (Lipinski definition) is 4. The quantitative estimate of drug-likeness (QED) is 0.203. The minimum absolute atomic E-state index is 0.300. The van der Waals surface area contributed by atoms with Crippen LogP contribution in [-0.4, -0.2) is 36.1 Å². The maximum Gasteiger partial charge on any atom is 0.416 e. The molecule has 5 rings (SSSR count). The van der Waals surface area contributed by atoms with Crippen LogP contribution in [0.25, 0.3) is 0 Å². The van der Waals surface area contributed by atoms with Crippen LogP contribution in [-0.2, 0) is 11.0 Å². The number of urea groups is 1. The molecular formula is C32H24F4N4O3. The molecule has 0 aromatic heterocycles. The number of para-hydroxylation sites is 1. The molecule has 1 aliphatic rings. The predicted molar refractivity (Wildman–Crippen MR) is 154 cm³/mol. The van der Waals surface area contributed by atoms with Crippen LogP contribution in [0.3, 0.4) is 0 Å². The molecule has 11 heteroatoms. The highest BCUT2D eigenvalue weighted by molar-refractivity contribution is 6.21. The Morgan fingerprint density at radius 3 is 2.30 bits per heavy atom. The van der Waals surface area contributed by atoms with Crippen LogP contribution in [0, 0.1) is 12.7 Å². The number of hydrogen-bond donors (Lipinski definition) is 2. The van der Waals surface area contributed by atoms with E-state index in [4.69, 9.17) is 0 Å². The van der Waals surface area contributed by atoms with E-state index in [1.54, 1.807) is 85.8 Å². The molecule has 0 spiro atoms. The predicted octanol–water partition coefficient (Wildman–Crippen LogP) is 6.37. The first-order valence-electron chi connectivity index (χ1n) is 13.1. The molecule has 43 heavy (non-hydrogen) atoms. The number of benzodiazepines with no additional fused rings is 1. The van der Waals surface area contributed by atoms with Crippen molar-refractivity contribution in [1.82, 2.24) is 5.32 Å². The van der Waals surface area contributed by atoms with E-state index in [-0.39, 0.29) is 12.3 Å². The van der Waals surface area contributed by atoms with E-state index >= 15 is 0 Å². The lowest BCUT2D eigenvalue weighted by Crippen LogP contribution is -2.50. The normalized spacial score (nSPS) is 14.8. The summed E-state index contributed by atoms with van der Waals surface area (Å²) in [5.74, 6) is -2.32. The minimum atomic E-state index is -4.85. The van der Waals surface area contributed by atoms with Crippen LogP contribution in [0.5, 0.6) is 0 Å². The number of nitrogens with one attached hydrogen (secondary N) is 2. The third-order valence-electron chi connectivity index (χ3n) is 6.75. The lowest BCUT2D eigenvalue weighted by atomic mass is 9.99. The fraction of sp³-hybridized carbons (Fsp3) is 0.125. The van der Waals surface area contributed by atoms with Gasteiger partial charge in [0.2, 0.25) is 6.17 Å². The topological polar surface area (TPSA) is 90.9 Å². The lowest BCUT2D eigenvalue weighted by Gasteiger charge is -2.25. The molecule has 4 aromatic carbocycles. The smallest absolute Gasteiger partial charge is 0.308 e. The molecule has 0 bridgehead atoms. The van der Waals surface area contributed by atoms with Gasteiger partial charge in [-0.1, -0.05) is 72.8 Å². The molecule has 7 nitrogen and oxygen atoms in total. The number of benzene rings is 4. The second-order valence-electron chi connectivity index (χ2n) is 9.75. The number of halogens is 4. The lowest BCUT2D eigenvalue weighted by molar-refractivity contribution is -0.137. The monoisotopic (exact) mass is 588 g/mol. The number of rotatable bonds is 6. The summed E-state index contributed by atoms with van der Waals surface area (Å²) >= 11 is 0. The molecule has 3 amide bonds. The zero-order valence-electron chi connectivity index (χ0n) is 22.7. The van der Waals surface area contributed by atoms with Crippen molar-refractivity contribution in [2.75, 3.05) is 16.8 Å². The molecule has 1 aliphatic heterocycles. The molecule has 4 aromatic rings. The zero-order chi connectivity index (χ0) is 30.7. The van der Waals surface area contributed by atoms with Crippen molar-refractivity contribution < 1.29 is 31.9 Å². The van der Waals surface area contributed by atoms with Gasteiger partial charge in [0.1, 0.15) is 5.82 Å². The molecule has 0 saturated heterocycles. The van der Waals surface area contributed by atoms with Crippen LogP contribution in [0.4, 0.5) is 33.7 Å². The van der Waals surface area contributed by atoms with Crippen molar-refractivity contribution in [3.05, 3.63) is 131 Å². The molecular weight excluding hydrogens is 564 g/mol. The summed E-state index contributed by atoms with van der Waals surface area (Å²) in [5, 5.41) is 4.53. The summed E-state index contributed by atoms with van der Waals surface area (Å²) in [6.07, 6.45) is -6.44. The Morgan fingerprint density at radius 2 is 1.58 bits per heavy atom. The number of alkyl halides is 3. The molecule has 0 radical (unpaired) electrons. The maximum atomic E-state index is 14.0.